The molecule has 1 aromatic rings. The van der Waals surface area contributed by atoms with E-state index in [-0.39, 0.29) is 5.54 Å². The molecule has 2 rings (SSSR count). The SMILES string of the molecule is CCN(CC1(N)CCOCC1)c1cccc(C)c1. The molecule has 0 unspecified atom stereocenters. The molecule has 1 saturated heterocycles. The molecule has 1 aromatic carbocycles. The summed E-state index contributed by atoms with van der Waals surface area (Å²) in [6.45, 7) is 7.80. The Bertz CT molecular complexity index is 386. The number of hydrogen-bond acceptors (Lipinski definition) is 3. The fourth-order valence-electron chi connectivity index (χ4n) is 2.53. The lowest BCUT2D eigenvalue weighted by molar-refractivity contribution is 0.0555. The topological polar surface area (TPSA) is 38.5 Å². The van der Waals surface area contributed by atoms with Crippen molar-refractivity contribution in [3.05, 3.63) is 29.8 Å². The molecule has 0 bridgehead atoms. The molecule has 3 heteroatoms. The van der Waals surface area contributed by atoms with Gasteiger partial charge in [-0.3, -0.25) is 0 Å². The molecule has 1 heterocycles. The summed E-state index contributed by atoms with van der Waals surface area (Å²) in [5.41, 5.74) is 8.96. The molecule has 1 aliphatic heterocycles. The summed E-state index contributed by atoms with van der Waals surface area (Å²) in [7, 11) is 0. The van der Waals surface area contributed by atoms with Crippen LogP contribution in [0.2, 0.25) is 0 Å². The first-order valence-electron chi connectivity index (χ1n) is 6.81. The predicted octanol–water partition coefficient (Wildman–Crippen LogP) is 2.33. The Labute approximate surface area is 110 Å². The fourth-order valence-corrected chi connectivity index (χ4v) is 2.53. The van der Waals surface area contributed by atoms with Gasteiger partial charge in [0.2, 0.25) is 0 Å². The van der Waals surface area contributed by atoms with Gasteiger partial charge in [-0.15, -0.1) is 0 Å². The van der Waals surface area contributed by atoms with E-state index in [2.05, 4.69) is 43.0 Å². The van der Waals surface area contributed by atoms with E-state index in [9.17, 15) is 0 Å². The van der Waals surface area contributed by atoms with Gasteiger partial charge >= 0.3 is 0 Å². The maximum atomic E-state index is 6.49. The summed E-state index contributed by atoms with van der Waals surface area (Å²) in [6.07, 6.45) is 1.91. The van der Waals surface area contributed by atoms with Crippen LogP contribution in [0.4, 0.5) is 5.69 Å². The molecule has 0 amide bonds. The zero-order valence-electron chi connectivity index (χ0n) is 11.5. The molecule has 0 saturated carbocycles. The van der Waals surface area contributed by atoms with Gasteiger partial charge in [0.1, 0.15) is 0 Å². The summed E-state index contributed by atoms with van der Waals surface area (Å²) in [6, 6.07) is 8.63. The number of benzene rings is 1. The van der Waals surface area contributed by atoms with Crippen molar-refractivity contribution in [3.8, 4) is 0 Å². The van der Waals surface area contributed by atoms with Crippen LogP contribution < -0.4 is 10.6 Å². The highest BCUT2D eigenvalue weighted by Crippen LogP contribution is 2.23. The Hall–Kier alpha value is -1.06. The Morgan fingerprint density at radius 1 is 1.33 bits per heavy atom. The Morgan fingerprint density at radius 2 is 2.06 bits per heavy atom. The Balaban J connectivity index is 2.09. The van der Waals surface area contributed by atoms with Crippen LogP contribution in [-0.4, -0.2) is 31.8 Å². The highest BCUT2D eigenvalue weighted by Gasteiger charge is 2.30. The summed E-state index contributed by atoms with van der Waals surface area (Å²) in [4.78, 5) is 2.37. The van der Waals surface area contributed by atoms with Crippen molar-refractivity contribution < 1.29 is 4.74 Å². The lowest BCUT2D eigenvalue weighted by atomic mass is 9.90. The van der Waals surface area contributed by atoms with Crippen molar-refractivity contribution in [3.63, 3.8) is 0 Å². The van der Waals surface area contributed by atoms with Crippen LogP contribution in [-0.2, 0) is 4.74 Å². The molecule has 2 N–H and O–H groups in total. The van der Waals surface area contributed by atoms with Crippen LogP contribution in [0.25, 0.3) is 0 Å². The van der Waals surface area contributed by atoms with Crippen molar-refractivity contribution in [1.82, 2.24) is 0 Å². The monoisotopic (exact) mass is 248 g/mol. The number of nitrogens with two attached hydrogens (primary N) is 1. The van der Waals surface area contributed by atoms with Gasteiger partial charge in [-0.2, -0.15) is 0 Å². The molecule has 0 radical (unpaired) electrons. The minimum absolute atomic E-state index is 0.0992. The second kappa shape index (κ2) is 5.72. The summed E-state index contributed by atoms with van der Waals surface area (Å²) in [5.74, 6) is 0. The zero-order valence-corrected chi connectivity index (χ0v) is 11.5. The first-order chi connectivity index (χ1) is 8.63. The van der Waals surface area contributed by atoms with Gasteiger partial charge in [-0.05, 0) is 44.4 Å². The van der Waals surface area contributed by atoms with Gasteiger partial charge < -0.3 is 15.4 Å². The average Bonchev–Trinajstić information content (AvgIpc) is 2.37. The van der Waals surface area contributed by atoms with E-state index in [0.717, 1.165) is 39.1 Å². The van der Waals surface area contributed by atoms with Gasteiger partial charge in [0.05, 0.1) is 0 Å². The molecular weight excluding hydrogens is 224 g/mol. The second-order valence-electron chi connectivity index (χ2n) is 5.33. The number of hydrogen-bond donors (Lipinski definition) is 1. The number of likely N-dealkylation sites (N-methyl/N-ethyl adjacent to an activating group) is 1. The largest absolute Gasteiger partial charge is 0.381 e. The van der Waals surface area contributed by atoms with Crippen molar-refractivity contribution >= 4 is 5.69 Å². The van der Waals surface area contributed by atoms with E-state index in [4.69, 9.17) is 10.5 Å². The van der Waals surface area contributed by atoms with Crippen LogP contribution in [0.15, 0.2) is 24.3 Å². The maximum absolute atomic E-state index is 6.49. The molecular formula is C15H24N2O. The molecule has 100 valence electrons. The van der Waals surface area contributed by atoms with Gasteiger partial charge in [-0.25, -0.2) is 0 Å². The highest BCUT2D eigenvalue weighted by atomic mass is 16.5. The molecule has 1 fully saturated rings. The smallest absolute Gasteiger partial charge is 0.0484 e. The molecule has 1 aliphatic rings. The third-order valence-electron chi connectivity index (χ3n) is 3.74. The van der Waals surface area contributed by atoms with Gasteiger partial charge in [-0.1, -0.05) is 12.1 Å². The third kappa shape index (κ3) is 3.24. The minimum Gasteiger partial charge on any atom is -0.381 e. The molecule has 3 nitrogen and oxygen atoms in total. The number of aryl methyl sites for hydroxylation is 1. The number of nitrogens with zero attached hydrogens (tertiary/aromatic N) is 1. The van der Waals surface area contributed by atoms with E-state index in [1.165, 1.54) is 11.3 Å². The van der Waals surface area contributed by atoms with Crippen LogP contribution >= 0.6 is 0 Å². The highest BCUT2D eigenvalue weighted by molar-refractivity contribution is 5.48. The van der Waals surface area contributed by atoms with E-state index < -0.39 is 0 Å². The van der Waals surface area contributed by atoms with E-state index in [0.29, 0.717) is 0 Å². The zero-order chi connectivity index (χ0) is 13.0. The van der Waals surface area contributed by atoms with Gasteiger partial charge in [0.25, 0.3) is 0 Å². The molecule has 0 atom stereocenters. The van der Waals surface area contributed by atoms with Crippen LogP contribution in [0.3, 0.4) is 0 Å². The molecule has 0 aromatic heterocycles. The first kappa shape index (κ1) is 13.4. The lowest BCUT2D eigenvalue weighted by Crippen LogP contribution is -2.53. The van der Waals surface area contributed by atoms with Crippen molar-refractivity contribution in [2.75, 3.05) is 31.2 Å². The first-order valence-corrected chi connectivity index (χ1v) is 6.81. The summed E-state index contributed by atoms with van der Waals surface area (Å²) < 4.78 is 5.41. The second-order valence-corrected chi connectivity index (χ2v) is 5.33. The average molecular weight is 248 g/mol. The quantitative estimate of drug-likeness (QED) is 0.888. The number of rotatable bonds is 4. The van der Waals surface area contributed by atoms with Crippen molar-refractivity contribution in [2.24, 2.45) is 5.73 Å². The standard InChI is InChI=1S/C15H24N2O/c1-3-17(14-6-4-5-13(2)11-14)12-15(16)7-9-18-10-8-15/h4-6,11H,3,7-10,12,16H2,1-2H3. The van der Waals surface area contributed by atoms with E-state index in [1.807, 2.05) is 0 Å². The molecule has 0 aliphatic carbocycles. The third-order valence-corrected chi connectivity index (χ3v) is 3.74. The van der Waals surface area contributed by atoms with Crippen LogP contribution in [0, 0.1) is 6.92 Å². The number of anilines is 1. The van der Waals surface area contributed by atoms with Crippen LogP contribution in [0.5, 0.6) is 0 Å². The van der Waals surface area contributed by atoms with Crippen LogP contribution in [0.1, 0.15) is 25.3 Å². The number of ether oxygens (including phenoxy) is 1. The minimum atomic E-state index is -0.0992. The lowest BCUT2D eigenvalue weighted by Gasteiger charge is -2.38. The van der Waals surface area contributed by atoms with Gasteiger partial charge in [0, 0.05) is 37.5 Å². The Kier molecular flexibility index (Phi) is 4.25. The van der Waals surface area contributed by atoms with Gasteiger partial charge in [0.15, 0.2) is 0 Å². The Morgan fingerprint density at radius 3 is 2.67 bits per heavy atom. The maximum Gasteiger partial charge on any atom is 0.0484 e. The summed E-state index contributed by atoms with van der Waals surface area (Å²) >= 11 is 0. The van der Waals surface area contributed by atoms with Crippen molar-refractivity contribution in [2.45, 2.75) is 32.2 Å². The molecule has 0 spiro atoms. The van der Waals surface area contributed by atoms with E-state index >= 15 is 0 Å². The van der Waals surface area contributed by atoms with E-state index in [1.54, 1.807) is 0 Å². The normalized spacial score (nSPS) is 18.6. The summed E-state index contributed by atoms with van der Waals surface area (Å²) in [5, 5.41) is 0. The predicted molar refractivity (Wildman–Crippen MR) is 76.0 cm³/mol. The molecule has 18 heavy (non-hydrogen) atoms. The van der Waals surface area contributed by atoms with Crippen molar-refractivity contribution in [1.29, 1.82) is 0 Å². The fraction of sp³-hybridized carbons (Fsp3) is 0.600.